The van der Waals surface area contributed by atoms with E-state index in [1.54, 1.807) is 0 Å². The highest BCUT2D eigenvalue weighted by molar-refractivity contribution is 6.13. The van der Waals surface area contributed by atoms with E-state index >= 15 is 0 Å². The predicted molar refractivity (Wildman–Crippen MR) is 82.0 cm³/mol. The molecule has 0 bridgehead atoms. The van der Waals surface area contributed by atoms with Gasteiger partial charge in [0.1, 0.15) is 5.41 Å². The summed E-state index contributed by atoms with van der Waals surface area (Å²) in [6, 6.07) is 8.14. The lowest BCUT2D eigenvalue weighted by Gasteiger charge is -2.15. The lowest BCUT2D eigenvalue weighted by atomic mass is 10.0. The largest absolute Gasteiger partial charge is 0.352 e. The molecule has 0 unspecified atom stereocenters. The van der Waals surface area contributed by atoms with Crippen molar-refractivity contribution >= 4 is 17.5 Å². The van der Waals surface area contributed by atoms with Gasteiger partial charge in [-0.05, 0) is 49.3 Å². The van der Waals surface area contributed by atoms with Crippen molar-refractivity contribution < 1.29 is 9.59 Å². The van der Waals surface area contributed by atoms with Gasteiger partial charge in [-0.3, -0.25) is 9.59 Å². The van der Waals surface area contributed by atoms with Crippen LogP contribution in [0.2, 0.25) is 0 Å². The van der Waals surface area contributed by atoms with Crippen LogP contribution in [0.5, 0.6) is 0 Å². The fourth-order valence-corrected chi connectivity index (χ4v) is 2.44. The van der Waals surface area contributed by atoms with Gasteiger partial charge >= 0.3 is 0 Å². The number of amides is 2. The van der Waals surface area contributed by atoms with Crippen LogP contribution < -0.4 is 10.6 Å². The molecule has 2 aliphatic carbocycles. The van der Waals surface area contributed by atoms with Gasteiger partial charge in [-0.15, -0.1) is 0 Å². The molecule has 112 valence electrons. The summed E-state index contributed by atoms with van der Waals surface area (Å²) in [6.07, 6.45) is 3.39. The van der Waals surface area contributed by atoms with Crippen LogP contribution in [0, 0.1) is 5.41 Å². The third-order valence-electron chi connectivity index (χ3n) is 4.37. The summed E-state index contributed by atoms with van der Waals surface area (Å²) < 4.78 is 0. The first-order valence-corrected chi connectivity index (χ1v) is 7.74. The predicted octanol–water partition coefficient (Wildman–Crippen LogP) is 2.81. The fraction of sp³-hybridized carbons (Fsp3) is 0.529. The van der Waals surface area contributed by atoms with E-state index in [1.807, 2.05) is 24.3 Å². The molecule has 2 aliphatic rings. The maximum absolute atomic E-state index is 12.4. The van der Waals surface area contributed by atoms with E-state index in [0.29, 0.717) is 24.8 Å². The first-order valence-electron chi connectivity index (χ1n) is 7.74. The Morgan fingerprint density at radius 3 is 2.19 bits per heavy atom. The second-order valence-electron chi connectivity index (χ2n) is 6.56. The minimum Gasteiger partial charge on any atom is -0.352 e. The molecule has 0 aromatic heterocycles. The van der Waals surface area contributed by atoms with Gasteiger partial charge in [0.15, 0.2) is 0 Å². The monoisotopic (exact) mass is 286 g/mol. The van der Waals surface area contributed by atoms with Crippen LogP contribution >= 0.6 is 0 Å². The van der Waals surface area contributed by atoms with E-state index in [-0.39, 0.29) is 11.8 Å². The number of hydrogen-bond acceptors (Lipinski definition) is 2. The highest BCUT2D eigenvalue weighted by Gasteiger charge is 2.57. The first kappa shape index (κ1) is 14.1. The quantitative estimate of drug-likeness (QED) is 0.818. The van der Waals surface area contributed by atoms with Crippen molar-refractivity contribution in [2.24, 2.45) is 5.41 Å². The standard InChI is InChI=1S/C17H22N2O2/c1-11(2)12-3-5-13(6-4-12)18-15(20)17(9-10-17)16(21)19-14-7-8-14/h3-6,11,14H,7-10H2,1-2H3,(H,18,20)(H,19,21). The summed E-state index contributed by atoms with van der Waals surface area (Å²) in [5.41, 5.74) is 1.18. The lowest BCUT2D eigenvalue weighted by molar-refractivity contribution is -0.134. The third kappa shape index (κ3) is 2.94. The molecule has 1 aromatic carbocycles. The van der Waals surface area contributed by atoms with Crippen molar-refractivity contribution in [1.29, 1.82) is 0 Å². The minimum absolute atomic E-state index is 0.0960. The second kappa shape index (κ2) is 5.17. The molecule has 0 aliphatic heterocycles. The van der Waals surface area contributed by atoms with Gasteiger partial charge < -0.3 is 10.6 Å². The van der Waals surface area contributed by atoms with Crippen molar-refractivity contribution in [3.05, 3.63) is 29.8 Å². The number of carbonyl (C=O) groups excluding carboxylic acids is 2. The summed E-state index contributed by atoms with van der Waals surface area (Å²) in [7, 11) is 0. The zero-order valence-corrected chi connectivity index (χ0v) is 12.6. The average molecular weight is 286 g/mol. The SMILES string of the molecule is CC(C)c1ccc(NC(=O)C2(C(=O)NC3CC3)CC2)cc1. The number of hydrogen-bond donors (Lipinski definition) is 2. The van der Waals surface area contributed by atoms with E-state index in [9.17, 15) is 9.59 Å². The van der Waals surface area contributed by atoms with Gasteiger partial charge in [0, 0.05) is 11.7 Å². The molecule has 0 spiro atoms. The van der Waals surface area contributed by atoms with Crippen molar-refractivity contribution in [3.63, 3.8) is 0 Å². The number of carbonyl (C=O) groups is 2. The fourth-order valence-electron chi connectivity index (χ4n) is 2.44. The summed E-state index contributed by atoms with van der Waals surface area (Å²) in [5.74, 6) is 0.202. The Morgan fingerprint density at radius 1 is 1.10 bits per heavy atom. The van der Waals surface area contributed by atoms with Crippen LogP contribution in [-0.2, 0) is 9.59 Å². The number of rotatable bonds is 5. The van der Waals surface area contributed by atoms with Crippen LogP contribution in [0.15, 0.2) is 24.3 Å². The molecule has 0 radical (unpaired) electrons. The van der Waals surface area contributed by atoms with Crippen molar-refractivity contribution in [2.75, 3.05) is 5.32 Å². The Bertz CT molecular complexity index is 555. The molecule has 0 atom stereocenters. The molecule has 2 saturated carbocycles. The van der Waals surface area contributed by atoms with Gasteiger partial charge in [0.25, 0.3) is 0 Å². The zero-order valence-electron chi connectivity index (χ0n) is 12.6. The van der Waals surface area contributed by atoms with E-state index < -0.39 is 5.41 Å². The van der Waals surface area contributed by atoms with Crippen molar-refractivity contribution in [3.8, 4) is 0 Å². The molecule has 2 amide bonds. The van der Waals surface area contributed by atoms with E-state index in [2.05, 4.69) is 24.5 Å². The molecule has 4 heteroatoms. The Balaban J connectivity index is 1.64. The Hall–Kier alpha value is -1.84. The molecule has 0 saturated heterocycles. The van der Waals surface area contributed by atoms with Crippen LogP contribution in [0.4, 0.5) is 5.69 Å². The molecule has 1 aromatic rings. The molecular formula is C17H22N2O2. The Labute approximate surface area is 125 Å². The number of anilines is 1. The normalized spacial score (nSPS) is 19.2. The summed E-state index contributed by atoms with van der Waals surface area (Å²) in [6.45, 7) is 4.27. The van der Waals surface area contributed by atoms with E-state index in [1.165, 1.54) is 5.56 Å². The van der Waals surface area contributed by atoms with Crippen LogP contribution in [0.1, 0.15) is 51.0 Å². The Morgan fingerprint density at radius 2 is 1.71 bits per heavy atom. The lowest BCUT2D eigenvalue weighted by Crippen LogP contribution is -2.40. The highest BCUT2D eigenvalue weighted by Crippen LogP contribution is 2.47. The molecule has 4 nitrogen and oxygen atoms in total. The topological polar surface area (TPSA) is 58.2 Å². The zero-order chi connectivity index (χ0) is 15.0. The van der Waals surface area contributed by atoms with Crippen LogP contribution in [0.3, 0.4) is 0 Å². The molecular weight excluding hydrogens is 264 g/mol. The summed E-state index contributed by atoms with van der Waals surface area (Å²) in [5, 5.41) is 5.83. The maximum atomic E-state index is 12.4. The van der Waals surface area contributed by atoms with E-state index in [0.717, 1.165) is 18.5 Å². The molecule has 3 rings (SSSR count). The second-order valence-corrected chi connectivity index (χ2v) is 6.56. The van der Waals surface area contributed by atoms with Gasteiger partial charge in [0.05, 0.1) is 0 Å². The first-order chi connectivity index (χ1) is 10.0. The minimum atomic E-state index is -0.820. The van der Waals surface area contributed by atoms with Crippen molar-refractivity contribution in [1.82, 2.24) is 5.32 Å². The average Bonchev–Trinajstić information content (AvgIpc) is 3.33. The maximum Gasteiger partial charge on any atom is 0.240 e. The summed E-state index contributed by atoms with van der Waals surface area (Å²) >= 11 is 0. The molecule has 2 N–H and O–H groups in total. The van der Waals surface area contributed by atoms with Gasteiger partial charge in [-0.25, -0.2) is 0 Å². The van der Waals surface area contributed by atoms with Gasteiger partial charge in [-0.2, -0.15) is 0 Å². The van der Waals surface area contributed by atoms with E-state index in [4.69, 9.17) is 0 Å². The third-order valence-corrected chi connectivity index (χ3v) is 4.37. The molecule has 21 heavy (non-hydrogen) atoms. The molecule has 0 heterocycles. The Kier molecular flexibility index (Phi) is 3.47. The van der Waals surface area contributed by atoms with Gasteiger partial charge in [0.2, 0.25) is 11.8 Å². The van der Waals surface area contributed by atoms with Gasteiger partial charge in [-0.1, -0.05) is 26.0 Å². The number of benzene rings is 1. The smallest absolute Gasteiger partial charge is 0.240 e. The van der Waals surface area contributed by atoms with Crippen LogP contribution in [0.25, 0.3) is 0 Å². The summed E-state index contributed by atoms with van der Waals surface area (Å²) in [4.78, 5) is 24.6. The molecule has 2 fully saturated rings. The van der Waals surface area contributed by atoms with Crippen molar-refractivity contribution in [2.45, 2.75) is 51.5 Å². The van der Waals surface area contributed by atoms with Crippen LogP contribution in [-0.4, -0.2) is 17.9 Å². The highest BCUT2D eigenvalue weighted by atomic mass is 16.2. The number of nitrogens with one attached hydrogen (secondary N) is 2.